The number of aliphatic hydroxyl groups excluding tert-OH is 1. The summed E-state index contributed by atoms with van der Waals surface area (Å²) >= 11 is 0. The lowest BCUT2D eigenvalue weighted by atomic mass is 9.81. The summed E-state index contributed by atoms with van der Waals surface area (Å²) in [6, 6.07) is 22.1. The minimum Gasteiger partial charge on any atom is -0.395 e. The molecule has 0 unspecified atom stereocenters. The molecule has 1 saturated carbocycles. The zero-order valence-electron chi connectivity index (χ0n) is 13.8. The van der Waals surface area contributed by atoms with Crippen molar-refractivity contribution in [2.75, 3.05) is 13.2 Å². The Morgan fingerprint density at radius 2 is 1.43 bits per heavy atom. The van der Waals surface area contributed by atoms with E-state index in [1.165, 1.54) is 36.8 Å². The van der Waals surface area contributed by atoms with Crippen LogP contribution in [-0.2, 0) is 6.54 Å². The molecule has 1 aliphatic carbocycles. The zero-order chi connectivity index (χ0) is 15.9. The van der Waals surface area contributed by atoms with Crippen molar-refractivity contribution < 1.29 is 5.11 Å². The minimum atomic E-state index is 0.242. The Balaban J connectivity index is 1.59. The van der Waals surface area contributed by atoms with E-state index in [-0.39, 0.29) is 6.61 Å². The maximum Gasteiger partial charge on any atom is 0.0558 e. The van der Waals surface area contributed by atoms with Crippen LogP contribution in [0.25, 0.3) is 0 Å². The molecule has 1 aliphatic rings. The highest BCUT2D eigenvalue weighted by atomic mass is 16.3. The monoisotopic (exact) mass is 309 g/mol. The molecule has 23 heavy (non-hydrogen) atoms. The highest BCUT2D eigenvalue weighted by Crippen LogP contribution is 2.35. The highest BCUT2D eigenvalue weighted by molar-refractivity contribution is 5.20. The molecule has 2 nitrogen and oxygen atoms in total. The number of benzene rings is 2. The van der Waals surface area contributed by atoms with Crippen molar-refractivity contribution in [2.24, 2.45) is 0 Å². The van der Waals surface area contributed by atoms with Gasteiger partial charge in [-0.2, -0.15) is 0 Å². The summed E-state index contributed by atoms with van der Waals surface area (Å²) in [4.78, 5) is 2.47. The van der Waals surface area contributed by atoms with Gasteiger partial charge in [0, 0.05) is 19.1 Å². The molecule has 122 valence electrons. The van der Waals surface area contributed by atoms with E-state index in [0.717, 1.165) is 13.1 Å². The first-order valence-corrected chi connectivity index (χ1v) is 8.80. The standard InChI is InChI=1S/C21H27NO/c23-16-15-22(17-18-7-3-1-4-8-18)21-13-11-20(12-14-21)19-9-5-2-6-10-19/h1-10,20-21,23H,11-17H2. The summed E-state index contributed by atoms with van der Waals surface area (Å²) in [5, 5.41) is 9.43. The molecule has 0 aliphatic heterocycles. The Bertz CT molecular complexity index is 561. The smallest absolute Gasteiger partial charge is 0.0558 e. The van der Waals surface area contributed by atoms with Gasteiger partial charge in [-0.05, 0) is 42.7 Å². The molecule has 2 aromatic carbocycles. The molecular weight excluding hydrogens is 282 g/mol. The highest BCUT2D eigenvalue weighted by Gasteiger charge is 2.26. The Morgan fingerprint density at radius 1 is 0.826 bits per heavy atom. The van der Waals surface area contributed by atoms with E-state index in [4.69, 9.17) is 0 Å². The predicted octanol–water partition coefficient (Wildman–Crippen LogP) is 4.21. The molecular formula is C21H27NO. The van der Waals surface area contributed by atoms with Crippen LogP contribution in [0.5, 0.6) is 0 Å². The second-order valence-electron chi connectivity index (χ2n) is 6.60. The van der Waals surface area contributed by atoms with E-state index in [0.29, 0.717) is 12.0 Å². The van der Waals surface area contributed by atoms with Crippen LogP contribution in [0.15, 0.2) is 60.7 Å². The van der Waals surface area contributed by atoms with Crippen LogP contribution in [0.1, 0.15) is 42.7 Å². The summed E-state index contributed by atoms with van der Waals surface area (Å²) in [6.45, 7) is 1.96. The lowest BCUT2D eigenvalue weighted by Crippen LogP contribution is -2.39. The van der Waals surface area contributed by atoms with Crippen LogP contribution in [0, 0.1) is 0 Å². The van der Waals surface area contributed by atoms with E-state index in [1.807, 2.05) is 0 Å². The van der Waals surface area contributed by atoms with Crippen molar-refractivity contribution in [2.45, 2.75) is 44.2 Å². The van der Waals surface area contributed by atoms with Gasteiger partial charge in [0.2, 0.25) is 0 Å². The number of rotatable bonds is 6. The normalized spacial score (nSPS) is 21.5. The van der Waals surface area contributed by atoms with E-state index in [1.54, 1.807) is 0 Å². The van der Waals surface area contributed by atoms with Crippen molar-refractivity contribution in [3.8, 4) is 0 Å². The summed E-state index contributed by atoms with van der Waals surface area (Å²) in [6.07, 6.45) is 4.97. The van der Waals surface area contributed by atoms with Crippen LogP contribution >= 0.6 is 0 Å². The fourth-order valence-electron chi connectivity index (χ4n) is 3.84. The third-order valence-electron chi connectivity index (χ3n) is 5.10. The second-order valence-corrected chi connectivity index (χ2v) is 6.60. The molecule has 0 saturated heterocycles. The molecule has 0 aromatic heterocycles. The van der Waals surface area contributed by atoms with Gasteiger partial charge in [0.15, 0.2) is 0 Å². The Kier molecular flexibility index (Phi) is 5.84. The summed E-state index contributed by atoms with van der Waals surface area (Å²) < 4.78 is 0. The summed E-state index contributed by atoms with van der Waals surface area (Å²) in [5.74, 6) is 0.708. The zero-order valence-corrected chi connectivity index (χ0v) is 13.8. The first-order valence-electron chi connectivity index (χ1n) is 8.80. The van der Waals surface area contributed by atoms with Crippen molar-refractivity contribution in [3.63, 3.8) is 0 Å². The molecule has 0 bridgehead atoms. The van der Waals surface area contributed by atoms with E-state index in [9.17, 15) is 5.11 Å². The topological polar surface area (TPSA) is 23.5 Å². The largest absolute Gasteiger partial charge is 0.395 e. The number of hydrogen-bond acceptors (Lipinski definition) is 2. The Labute approximate surface area is 139 Å². The molecule has 3 rings (SSSR count). The van der Waals surface area contributed by atoms with Crippen LogP contribution in [0.2, 0.25) is 0 Å². The van der Waals surface area contributed by atoms with Crippen molar-refractivity contribution >= 4 is 0 Å². The fourth-order valence-corrected chi connectivity index (χ4v) is 3.84. The molecule has 0 atom stereocenters. The van der Waals surface area contributed by atoms with Gasteiger partial charge < -0.3 is 5.11 Å². The molecule has 2 heteroatoms. The summed E-state index contributed by atoms with van der Waals surface area (Å²) in [7, 11) is 0. The molecule has 0 radical (unpaired) electrons. The molecule has 0 amide bonds. The van der Waals surface area contributed by atoms with Crippen molar-refractivity contribution in [3.05, 3.63) is 71.8 Å². The molecule has 0 heterocycles. The first kappa shape index (κ1) is 16.2. The molecule has 1 fully saturated rings. The van der Waals surface area contributed by atoms with Gasteiger partial charge in [0.1, 0.15) is 0 Å². The van der Waals surface area contributed by atoms with Gasteiger partial charge >= 0.3 is 0 Å². The fraction of sp³-hybridized carbons (Fsp3) is 0.429. The number of hydrogen-bond donors (Lipinski definition) is 1. The third-order valence-corrected chi connectivity index (χ3v) is 5.10. The molecule has 1 N–H and O–H groups in total. The lowest BCUT2D eigenvalue weighted by Gasteiger charge is -2.37. The van der Waals surface area contributed by atoms with Gasteiger partial charge in [-0.25, -0.2) is 0 Å². The van der Waals surface area contributed by atoms with Gasteiger partial charge in [-0.15, -0.1) is 0 Å². The van der Waals surface area contributed by atoms with E-state index >= 15 is 0 Å². The van der Waals surface area contributed by atoms with E-state index < -0.39 is 0 Å². The summed E-state index contributed by atoms with van der Waals surface area (Å²) in [5.41, 5.74) is 2.83. The Morgan fingerprint density at radius 3 is 2.04 bits per heavy atom. The van der Waals surface area contributed by atoms with Crippen LogP contribution in [-0.4, -0.2) is 29.2 Å². The van der Waals surface area contributed by atoms with Crippen molar-refractivity contribution in [1.29, 1.82) is 0 Å². The lowest BCUT2D eigenvalue weighted by molar-refractivity contribution is 0.112. The van der Waals surface area contributed by atoms with Crippen LogP contribution in [0.4, 0.5) is 0 Å². The van der Waals surface area contributed by atoms with Crippen molar-refractivity contribution in [1.82, 2.24) is 4.90 Å². The Hall–Kier alpha value is -1.64. The minimum absolute atomic E-state index is 0.242. The maximum atomic E-state index is 9.43. The predicted molar refractivity (Wildman–Crippen MR) is 95.4 cm³/mol. The van der Waals surface area contributed by atoms with Gasteiger partial charge in [-0.1, -0.05) is 60.7 Å². The average Bonchev–Trinajstić information content (AvgIpc) is 2.63. The number of aliphatic hydroxyl groups is 1. The third kappa shape index (κ3) is 4.43. The SMILES string of the molecule is OCCN(Cc1ccccc1)C1CCC(c2ccccc2)CC1. The molecule has 0 spiro atoms. The molecule has 2 aromatic rings. The quantitative estimate of drug-likeness (QED) is 0.864. The van der Waals surface area contributed by atoms with Gasteiger partial charge in [0.05, 0.1) is 6.61 Å². The second kappa shape index (κ2) is 8.28. The first-order chi connectivity index (χ1) is 11.4. The van der Waals surface area contributed by atoms with Gasteiger partial charge in [0.25, 0.3) is 0 Å². The van der Waals surface area contributed by atoms with Crippen LogP contribution < -0.4 is 0 Å². The maximum absolute atomic E-state index is 9.43. The van der Waals surface area contributed by atoms with Crippen LogP contribution in [0.3, 0.4) is 0 Å². The van der Waals surface area contributed by atoms with Gasteiger partial charge in [-0.3, -0.25) is 4.90 Å². The number of nitrogens with zero attached hydrogens (tertiary/aromatic N) is 1. The van der Waals surface area contributed by atoms with E-state index in [2.05, 4.69) is 65.6 Å². The average molecular weight is 309 g/mol.